The maximum atomic E-state index is 13.0. The Bertz CT molecular complexity index is 1130. The summed E-state index contributed by atoms with van der Waals surface area (Å²) in [6.07, 6.45) is 0. The lowest BCUT2D eigenvalue weighted by Crippen LogP contribution is -2.40. The molecule has 0 unspecified atom stereocenters. The smallest absolute Gasteiger partial charge is 0.244 e. The van der Waals surface area contributed by atoms with Gasteiger partial charge in [0.25, 0.3) is 0 Å². The van der Waals surface area contributed by atoms with E-state index in [1.165, 1.54) is 40.5 Å². The molecule has 6 nitrogen and oxygen atoms in total. The molecule has 3 rings (SSSR count). The van der Waals surface area contributed by atoms with E-state index in [2.05, 4.69) is 4.98 Å². The predicted octanol–water partition coefficient (Wildman–Crippen LogP) is 3.97. The van der Waals surface area contributed by atoms with Gasteiger partial charge in [-0.15, -0.1) is 0 Å². The van der Waals surface area contributed by atoms with E-state index in [4.69, 9.17) is 23.2 Å². The van der Waals surface area contributed by atoms with Crippen LogP contribution in [-0.4, -0.2) is 57.1 Å². The number of sulfone groups is 1. The number of nitrogens with zero attached hydrogens (tertiary/aromatic N) is 3. The molecule has 3 aromatic rings. The second-order valence-electron chi connectivity index (χ2n) is 6.64. The molecule has 0 aliphatic carbocycles. The molecule has 0 aliphatic rings. The quantitative estimate of drug-likeness (QED) is 0.521. The van der Waals surface area contributed by atoms with Crippen LogP contribution in [0.15, 0.2) is 47.4 Å². The maximum Gasteiger partial charge on any atom is 0.244 e. The van der Waals surface area contributed by atoms with Gasteiger partial charge in [-0.25, -0.2) is 13.4 Å². The molecule has 29 heavy (non-hydrogen) atoms. The highest BCUT2D eigenvalue weighted by Crippen LogP contribution is 2.33. The summed E-state index contributed by atoms with van der Waals surface area (Å²) in [6.45, 7) is 0.857. The Morgan fingerprint density at radius 1 is 1.07 bits per heavy atom. The summed E-state index contributed by atoms with van der Waals surface area (Å²) in [4.78, 5) is 20.9. The number of likely N-dealkylation sites (N-methyl/N-ethyl adjacent to an activating group) is 1. The van der Waals surface area contributed by atoms with Gasteiger partial charge in [0.15, 0.2) is 15.0 Å². The zero-order chi connectivity index (χ0) is 21.2. The molecule has 0 fully saturated rings. The molecule has 0 N–H and O–H groups in total. The molecule has 0 spiro atoms. The summed E-state index contributed by atoms with van der Waals surface area (Å²) in [5.74, 6) is -1.21. The minimum Gasteiger partial charge on any atom is -0.308 e. The number of hydrogen-bond acceptors (Lipinski definition) is 6. The van der Waals surface area contributed by atoms with E-state index in [1.807, 2.05) is 31.1 Å². The van der Waals surface area contributed by atoms with Crippen LogP contribution >= 0.6 is 34.5 Å². The van der Waals surface area contributed by atoms with Crippen molar-refractivity contribution in [2.24, 2.45) is 0 Å². The van der Waals surface area contributed by atoms with E-state index >= 15 is 0 Å². The maximum absolute atomic E-state index is 13.0. The van der Waals surface area contributed by atoms with Crippen molar-refractivity contribution in [2.45, 2.75) is 4.90 Å². The molecule has 10 heteroatoms. The number of rotatable bonds is 7. The SMILES string of the molecule is CN(C)CCN(C(=O)CS(=O)(=O)c1ccc(Cl)cc1)c1nc2c(Cl)cccc2s1. The number of halogens is 2. The van der Waals surface area contributed by atoms with Gasteiger partial charge in [-0.2, -0.15) is 0 Å². The second-order valence-corrected chi connectivity index (χ2v) is 10.5. The molecule has 0 saturated heterocycles. The van der Waals surface area contributed by atoms with Crippen LogP contribution in [0.1, 0.15) is 0 Å². The molecular weight excluding hydrogens is 453 g/mol. The Kier molecular flexibility index (Phi) is 6.80. The van der Waals surface area contributed by atoms with Crippen molar-refractivity contribution in [3.8, 4) is 0 Å². The first-order valence-corrected chi connectivity index (χ1v) is 11.9. The third-order valence-electron chi connectivity index (χ3n) is 4.15. The standard InChI is InChI=1S/C19H19Cl2N3O3S2/c1-23(2)10-11-24(19-22-18-15(21)4-3-5-16(18)28-19)17(25)12-29(26,27)14-8-6-13(20)7-9-14/h3-9H,10-12H2,1-2H3. The van der Waals surface area contributed by atoms with Gasteiger partial charge in [-0.1, -0.05) is 40.6 Å². The number of fused-ring (bicyclic) bond motifs is 1. The molecule has 1 heterocycles. The van der Waals surface area contributed by atoms with Crippen molar-refractivity contribution >= 4 is 65.6 Å². The molecule has 0 radical (unpaired) electrons. The summed E-state index contributed by atoms with van der Waals surface area (Å²) >= 11 is 13.3. The van der Waals surface area contributed by atoms with Crippen molar-refractivity contribution < 1.29 is 13.2 Å². The van der Waals surface area contributed by atoms with Crippen molar-refractivity contribution in [2.75, 3.05) is 37.8 Å². The Hall–Kier alpha value is -1.71. The van der Waals surface area contributed by atoms with E-state index in [9.17, 15) is 13.2 Å². The summed E-state index contributed by atoms with van der Waals surface area (Å²) in [5, 5.41) is 1.33. The lowest BCUT2D eigenvalue weighted by atomic mass is 10.3. The lowest BCUT2D eigenvalue weighted by molar-refractivity contribution is -0.116. The number of amides is 1. The molecule has 1 aromatic heterocycles. The summed E-state index contributed by atoms with van der Waals surface area (Å²) in [6, 6.07) is 11.2. The van der Waals surface area contributed by atoms with Crippen LogP contribution < -0.4 is 4.90 Å². The van der Waals surface area contributed by atoms with Gasteiger partial charge in [0, 0.05) is 18.1 Å². The van der Waals surface area contributed by atoms with Crippen LogP contribution in [0.2, 0.25) is 10.0 Å². The number of aromatic nitrogens is 1. The molecule has 1 amide bonds. The van der Waals surface area contributed by atoms with Crippen molar-refractivity contribution in [1.82, 2.24) is 9.88 Å². The summed E-state index contributed by atoms with van der Waals surface area (Å²) in [7, 11) is -0.0641. The number of carbonyl (C=O) groups excluding carboxylic acids is 1. The average molecular weight is 472 g/mol. The van der Waals surface area contributed by atoms with E-state index in [0.717, 1.165) is 4.70 Å². The highest BCUT2D eigenvalue weighted by Gasteiger charge is 2.26. The monoisotopic (exact) mass is 471 g/mol. The Balaban J connectivity index is 1.92. The first-order chi connectivity index (χ1) is 13.7. The first kappa shape index (κ1) is 22.0. The highest BCUT2D eigenvalue weighted by atomic mass is 35.5. The molecule has 154 valence electrons. The van der Waals surface area contributed by atoms with Gasteiger partial charge in [0.05, 0.1) is 14.6 Å². The van der Waals surface area contributed by atoms with Gasteiger partial charge in [-0.05, 0) is 50.5 Å². The van der Waals surface area contributed by atoms with E-state index in [1.54, 1.807) is 6.07 Å². The molecular formula is C19H19Cl2N3O3S2. The van der Waals surface area contributed by atoms with Crippen LogP contribution in [0.5, 0.6) is 0 Å². The Morgan fingerprint density at radius 2 is 1.76 bits per heavy atom. The molecule has 0 atom stereocenters. The zero-order valence-corrected chi connectivity index (χ0v) is 18.9. The Labute approximate surface area is 183 Å². The minimum atomic E-state index is -3.82. The van der Waals surface area contributed by atoms with Crippen LogP contribution in [0.3, 0.4) is 0 Å². The van der Waals surface area contributed by atoms with Crippen molar-refractivity contribution in [3.63, 3.8) is 0 Å². The summed E-state index contributed by atoms with van der Waals surface area (Å²) in [5.41, 5.74) is 0.595. The molecule has 0 saturated carbocycles. The van der Waals surface area contributed by atoms with Crippen LogP contribution in [0.25, 0.3) is 10.2 Å². The van der Waals surface area contributed by atoms with E-state index in [0.29, 0.717) is 33.8 Å². The number of hydrogen-bond donors (Lipinski definition) is 0. The second kappa shape index (κ2) is 8.97. The molecule has 0 bridgehead atoms. The summed E-state index contributed by atoms with van der Waals surface area (Å²) < 4.78 is 26.3. The largest absolute Gasteiger partial charge is 0.308 e. The molecule has 0 aliphatic heterocycles. The van der Waals surface area contributed by atoms with Gasteiger partial charge >= 0.3 is 0 Å². The lowest BCUT2D eigenvalue weighted by Gasteiger charge is -2.22. The van der Waals surface area contributed by atoms with Gasteiger partial charge in [-0.3, -0.25) is 9.69 Å². The molecule has 2 aromatic carbocycles. The van der Waals surface area contributed by atoms with Gasteiger partial charge in [0.1, 0.15) is 11.3 Å². The predicted molar refractivity (Wildman–Crippen MR) is 119 cm³/mol. The van der Waals surface area contributed by atoms with Gasteiger partial charge < -0.3 is 4.90 Å². The fraction of sp³-hybridized carbons (Fsp3) is 0.263. The third kappa shape index (κ3) is 5.26. The van der Waals surface area contributed by atoms with Crippen LogP contribution in [0.4, 0.5) is 5.13 Å². The number of para-hydroxylation sites is 1. The van der Waals surface area contributed by atoms with Crippen molar-refractivity contribution in [3.05, 3.63) is 52.5 Å². The van der Waals surface area contributed by atoms with E-state index in [-0.39, 0.29) is 4.90 Å². The minimum absolute atomic E-state index is 0.0511. The fourth-order valence-corrected chi connectivity index (χ4v) is 5.24. The average Bonchev–Trinajstić information content (AvgIpc) is 3.07. The number of carbonyl (C=O) groups is 1. The number of thiazole rings is 1. The van der Waals surface area contributed by atoms with Crippen molar-refractivity contribution in [1.29, 1.82) is 0 Å². The van der Waals surface area contributed by atoms with E-state index < -0.39 is 21.5 Å². The third-order valence-corrected chi connectivity index (χ3v) is 7.37. The Morgan fingerprint density at radius 3 is 2.38 bits per heavy atom. The van der Waals surface area contributed by atoms with Crippen LogP contribution in [-0.2, 0) is 14.6 Å². The first-order valence-electron chi connectivity index (χ1n) is 8.66. The number of benzene rings is 2. The topological polar surface area (TPSA) is 70.6 Å². The zero-order valence-electron chi connectivity index (χ0n) is 15.8. The van der Waals surface area contributed by atoms with Gasteiger partial charge in [0.2, 0.25) is 5.91 Å². The highest BCUT2D eigenvalue weighted by molar-refractivity contribution is 7.92. The fourth-order valence-electron chi connectivity index (χ4n) is 2.61. The number of anilines is 1. The van der Waals surface area contributed by atoms with Crippen LogP contribution in [0, 0.1) is 0 Å². The normalized spacial score (nSPS) is 11.9.